The van der Waals surface area contributed by atoms with Crippen LogP contribution in [0.5, 0.6) is 0 Å². The van der Waals surface area contributed by atoms with Gasteiger partial charge in [0, 0.05) is 10.4 Å². The number of hydrogen-bond acceptors (Lipinski definition) is 1. The average Bonchev–Trinajstić information content (AvgIpc) is 2.15. The molecule has 0 saturated heterocycles. The Morgan fingerprint density at radius 1 is 1.19 bits per heavy atom. The molecule has 0 aliphatic rings. The largest absolute Gasteiger partial charge is 0.293 e. The minimum atomic E-state index is -0.471. The number of rotatable bonds is 3. The van der Waals surface area contributed by atoms with Crippen LogP contribution in [0.15, 0.2) is 12.1 Å². The van der Waals surface area contributed by atoms with Gasteiger partial charge in [0.2, 0.25) is 0 Å². The number of Topliss-reactive ketones (excluding diaryl/α,β-unsaturated/α-hetero) is 1. The van der Waals surface area contributed by atoms with E-state index < -0.39 is 5.41 Å². The molecule has 0 aliphatic heterocycles. The summed E-state index contributed by atoms with van der Waals surface area (Å²) >= 11 is 17.8. The van der Waals surface area contributed by atoms with E-state index in [1.54, 1.807) is 0 Å². The summed E-state index contributed by atoms with van der Waals surface area (Å²) in [5.41, 5.74) is -0.110. The quantitative estimate of drug-likeness (QED) is 0.689. The van der Waals surface area contributed by atoms with Crippen LogP contribution in [0.3, 0.4) is 0 Å². The molecular formula is C12H13Cl3O. The number of benzene rings is 1. The number of hydrogen-bond donors (Lipinski definition) is 0. The molecule has 16 heavy (non-hydrogen) atoms. The predicted octanol–water partition coefficient (Wildman–Crippen LogP) is 5.27. The van der Waals surface area contributed by atoms with E-state index in [1.807, 2.05) is 20.8 Å². The molecular weight excluding hydrogens is 266 g/mol. The molecule has 0 atom stereocenters. The van der Waals surface area contributed by atoms with Crippen LogP contribution in [-0.2, 0) is 0 Å². The van der Waals surface area contributed by atoms with Crippen molar-refractivity contribution in [2.24, 2.45) is 5.41 Å². The minimum Gasteiger partial charge on any atom is -0.293 e. The van der Waals surface area contributed by atoms with E-state index in [1.165, 1.54) is 12.1 Å². The van der Waals surface area contributed by atoms with Crippen LogP contribution in [-0.4, -0.2) is 5.78 Å². The van der Waals surface area contributed by atoms with Crippen molar-refractivity contribution in [2.45, 2.75) is 27.2 Å². The molecule has 88 valence electrons. The smallest absolute Gasteiger partial charge is 0.171 e. The van der Waals surface area contributed by atoms with Crippen LogP contribution in [0.25, 0.3) is 0 Å². The van der Waals surface area contributed by atoms with E-state index in [0.717, 1.165) is 6.42 Å². The Morgan fingerprint density at radius 3 is 2.00 bits per heavy atom. The van der Waals surface area contributed by atoms with E-state index in [9.17, 15) is 4.79 Å². The van der Waals surface area contributed by atoms with Gasteiger partial charge in [-0.3, -0.25) is 4.79 Å². The molecule has 0 aromatic heterocycles. The van der Waals surface area contributed by atoms with Crippen molar-refractivity contribution in [3.05, 3.63) is 32.8 Å². The summed E-state index contributed by atoms with van der Waals surface area (Å²) in [4.78, 5) is 12.2. The maximum Gasteiger partial charge on any atom is 0.171 e. The summed E-state index contributed by atoms with van der Waals surface area (Å²) < 4.78 is 0. The highest BCUT2D eigenvalue weighted by Crippen LogP contribution is 2.35. The Bertz CT molecular complexity index is 401. The highest BCUT2D eigenvalue weighted by molar-refractivity contribution is 6.42. The van der Waals surface area contributed by atoms with Gasteiger partial charge in [0.15, 0.2) is 5.78 Å². The highest BCUT2D eigenvalue weighted by Gasteiger charge is 2.30. The second-order valence-corrected chi connectivity index (χ2v) is 5.56. The fourth-order valence-electron chi connectivity index (χ4n) is 1.26. The Labute approximate surface area is 111 Å². The van der Waals surface area contributed by atoms with E-state index in [2.05, 4.69) is 0 Å². The Kier molecular flexibility index (Phi) is 4.28. The van der Waals surface area contributed by atoms with Crippen LogP contribution in [0, 0.1) is 5.41 Å². The molecule has 0 unspecified atom stereocenters. The van der Waals surface area contributed by atoms with Crippen molar-refractivity contribution < 1.29 is 4.79 Å². The number of halogens is 3. The Morgan fingerprint density at radius 2 is 1.62 bits per heavy atom. The van der Waals surface area contributed by atoms with Crippen molar-refractivity contribution in [1.82, 2.24) is 0 Å². The molecule has 0 amide bonds. The minimum absolute atomic E-state index is 0.0540. The van der Waals surface area contributed by atoms with Gasteiger partial charge in [-0.05, 0) is 18.6 Å². The van der Waals surface area contributed by atoms with Gasteiger partial charge in [0.25, 0.3) is 0 Å². The van der Waals surface area contributed by atoms with Gasteiger partial charge in [-0.2, -0.15) is 0 Å². The first-order valence-corrected chi connectivity index (χ1v) is 6.12. The Hall–Kier alpha value is -0.240. The van der Waals surface area contributed by atoms with E-state index >= 15 is 0 Å². The Balaban J connectivity index is 3.30. The van der Waals surface area contributed by atoms with Gasteiger partial charge < -0.3 is 0 Å². The first kappa shape index (κ1) is 13.8. The summed E-state index contributed by atoms with van der Waals surface area (Å²) in [6.45, 7) is 5.70. The monoisotopic (exact) mass is 278 g/mol. The topological polar surface area (TPSA) is 17.1 Å². The third-order valence-corrected chi connectivity index (χ3v) is 3.55. The van der Waals surface area contributed by atoms with Crippen LogP contribution in [0.2, 0.25) is 15.1 Å². The van der Waals surface area contributed by atoms with Gasteiger partial charge in [0.05, 0.1) is 15.6 Å². The molecule has 1 rings (SSSR count). The molecule has 0 N–H and O–H groups in total. The molecule has 0 aliphatic carbocycles. The third-order valence-electron chi connectivity index (χ3n) is 2.73. The van der Waals surface area contributed by atoms with Gasteiger partial charge in [0.1, 0.15) is 0 Å². The van der Waals surface area contributed by atoms with Crippen molar-refractivity contribution >= 4 is 40.6 Å². The van der Waals surface area contributed by atoms with Crippen molar-refractivity contribution in [1.29, 1.82) is 0 Å². The molecule has 0 fully saturated rings. The molecule has 0 spiro atoms. The van der Waals surface area contributed by atoms with Crippen molar-refractivity contribution in [3.8, 4) is 0 Å². The normalized spacial score (nSPS) is 11.6. The lowest BCUT2D eigenvalue weighted by Gasteiger charge is -2.22. The standard InChI is InChI=1S/C12H13Cl3O/c1-4-12(2,3)11(16)10-8(14)5-7(13)6-9(10)15/h5-6H,4H2,1-3H3. The van der Waals surface area contributed by atoms with E-state index in [0.29, 0.717) is 20.6 Å². The van der Waals surface area contributed by atoms with E-state index in [4.69, 9.17) is 34.8 Å². The second-order valence-electron chi connectivity index (χ2n) is 4.31. The fourth-order valence-corrected chi connectivity index (χ4v) is 2.25. The van der Waals surface area contributed by atoms with Crippen LogP contribution in [0.1, 0.15) is 37.6 Å². The third kappa shape index (κ3) is 2.71. The number of ketones is 1. The first-order valence-electron chi connectivity index (χ1n) is 4.99. The fraction of sp³-hybridized carbons (Fsp3) is 0.417. The number of carbonyl (C=O) groups is 1. The summed E-state index contributed by atoms with van der Waals surface area (Å²) in [6, 6.07) is 3.07. The average molecular weight is 280 g/mol. The number of carbonyl (C=O) groups excluding carboxylic acids is 1. The molecule has 1 aromatic carbocycles. The molecule has 4 heteroatoms. The van der Waals surface area contributed by atoms with Gasteiger partial charge in [-0.1, -0.05) is 55.6 Å². The second kappa shape index (κ2) is 4.95. The first-order chi connectivity index (χ1) is 7.29. The van der Waals surface area contributed by atoms with Crippen LogP contribution >= 0.6 is 34.8 Å². The van der Waals surface area contributed by atoms with Gasteiger partial charge in [-0.25, -0.2) is 0 Å². The maximum absolute atomic E-state index is 12.2. The lowest BCUT2D eigenvalue weighted by atomic mass is 9.82. The lowest BCUT2D eigenvalue weighted by Crippen LogP contribution is -2.24. The van der Waals surface area contributed by atoms with Crippen molar-refractivity contribution in [2.75, 3.05) is 0 Å². The van der Waals surface area contributed by atoms with Crippen LogP contribution in [0.4, 0.5) is 0 Å². The molecule has 1 aromatic rings. The summed E-state index contributed by atoms with van der Waals surface area (Å²) in [5, 5.41) is 1.05. The highest BCUT2D eigenvalue weighted by atomic mass is 35.5. The summed E-state index contributed by atoms with van der Waals surface area (Å²) in [7, 11) is 0. The summed E-state index contributed by atoms with van der Waals surface area (Å²) in [6.07, 6.45) is 0.723. The molecule has 0 saturated carbocycles. The maximum atomic E-state index is 12.2. The zero-order valence-corrected chi connectivity index (χ0v) is 11.7. The summed E-state index contributed by atoms with van der Waals surface area (Å²) in [5.74, 6) is -0.0540. The van der Waals surface area contributed by atoms with Crippen LogP contribution < -0.4 is 0 Å². The molecule has 1 nitrogen and oxygen atoms in total. The molecule has 0 bridgehead atoms. The zero-order chi connectivity index (χ0) is 12.5. The predicted molar refractivity (Wildman–Crippen MR) is 69.9 cm³/mol. The SMILES string of the molecule is CCC(C)(C)C(=O)c1c(Cl)cc(Cl)cc1Cl. The lowest BCUT2D eigenvalue weighted by molar-refractivity contribution is 0.0833. The zero-order valence-electron chi connectivity index (χ0n) is 9.40. The van der Waals surface area contributed by atoms with Gasteiger partial charge in [-0.15, -0.1) is 0 Å². The molecule has 0 radical (unpaired) electrons. The van der Waals surface area contributed by atoms with Crippen molar-refractivity contribution in [3.63, 3.8) is 0 Å². The van der Waals surface area contributed by atoms with E-state index in [-0.39, 0.29) is 5.78 Å². The van der Waals surface area contributed by atoms with Gasteiger partial charge >= 0.3 is 0 Å². The molecule has 0 heterocycles.